The fraction of sp³-hybridized carbons (Fsp3) is 0.500. The molecule has 1 aromatic carbocycles. The Labute approximate surface area is 125 Å². The lowest BCUT2D eigenvalue weighted by Gasteiger charge is -2.21. The van der Waals surface area contributed by atoms with E-state index in [0.717, 1.165) is 31.8 Å². The van der Waals surface area contributed by atoms with Gasteiger partial charge in [-0.25, -0.2) is 0 Å². The molecule has 1 saturated heterocycles. The number of amides is 1. The number of thioether (sulfide) groups is 1. The molecule has 19 heavy (non-hydrogen) atoms. The first-order valence-corrected chi connectivity index (χ1v) is 7.36. The van der Waals surface area contributed by atoms with E-state index in [2.05, 4.69) is 22.8 Å². The Bertz CT molecular complexity index is 394. The highest BCUT2D eigenvalue weighted by Gasteiger charge is 2.35. The van der Waals surface area contributed by atoms with Crippen molar-refractivity contribution in [2.75, 3.05) is 25.4 Å². The van der Waals surface area contributed by atoms with E-state index in [-0.39, 0.29) is 23.7 Å². The smallest absolute Gasteiger partial charge is 0.227 e. The number of nitrogens with one attached hydrogen (secondary N) is 2. The molecule has 1 unspecified atom stereocenters. The Morgan fingerprint density at radius 3 is 2.79 bits per heavy atom. The summed E-state index contributed by atoms with van der Waals surface area (Å²) in [6.07, 6.45) is 0.935. The van der Waals surface area contributed by atoms with E-state index in [1.807, 2.05) is 25.1 Å². The molecule has 1 aromatic rings. The molecule has 0 aromatic heterocycles. The van der Waals surface area contributed by atoms with E-state index in [1.54, 1.807) is 11.8 Å². The summed E-state index contributed by atoms with van der Waals surface area (Å²) < 4.78 is 0. The molecule has 1 atom stereocenters. The molecule has 0 aliphatic carbocycles. The molecular formula is C14H21ClN2OS. The van der Waals surface area contributed by atoms with Crippen LogP contribution in [0.5, 0.6) is 0 Å². The summed E-state index contributed by atoms with van der Waals surface area (Å²) in [6, 6.07) is 10.3. The predicted octanol–water partition coefficient (Wildman–Crippen LogP) is 2.32. The molecule has 0 bridgehead atoms. The van der Waals surface area contributed by atoms with Crippen LogP contribution >= 0.6 is 24.2 Å². The van der Waals surface area contributed by atoms with Crippen LogP contribution in [0.2, 0.25) is 0 Å². The Morgan fingerprint density at radius 1 is 1.42 bits per heavy atom. The molecule has 0 spiro atoms. The number of benzene rings is 1. The van der Waals surface area contributed by atoms with E-state index < -0.39 is 0 Å². The van der Waals surface area contributed by atoms with Gasteiger partial charge in [-0.3, -0.25) is 4.79 Å². The van der Waals surface area contributed by atoms with Crippen molar-refractivity contribution in [3.8, 4) is 0 Å². The molecule has 1 amide bonds. The first-order valence-electron chi connectivity index (χ1n) is 6.38. The van der Waals surface area contributed by atoms with Crippen LogP contribution < -0.4 is 10.6 Å². The van der Waals surface area contributed by atoms with E-state index >= 15 is 0 Å². The molecule has 3 nitrogen and oxygen atoms in total. The van der Waals surface area contributed by atoms with Gasteiger partial charge in [0, 0.05) is 23.7 Å². The van der Waals surface area contributed by atoms with Gasteiger partial charge in [0.1, 0.15) is 0 Å². The van der Waals surface area contributed by atoms with Crippen LogP contribution in [-0.4, -0.2) is 31.3 Å². The van der Waals surface area contributed by atoms with Crippen LogP contribution in [-0.2, 0) is 4.79 Å². The minimum atomic E-state index is -0.211. The molecule has 0 saturated carbocycles. The molecule has 106 valence electrons. The summed E-state index contributed by atoms with van der Waals surface area (Å²) in [5.74, 6) is 1.10. The Hall–Kier alpha value is -0.710. The number of hydrogen-bond acceptors (Lipinski definition) is 3. The number of rotatable bonds is 5. The van der Waals surface area contributed by atoms with Crippen LogP contribution in [0.1, 0.15) is 13.3 Å². The van der Waals surface area contributed by atoms with Crippen LogP contribution in [0.3, 0.4) is 0 Å². The third-order valence-corrected chi connectivity index (χ3v) is 4.33. The zero-order chi connectivity index (χ0) is 12.8. The monoisotopic (exact) mass is 300 g/mol. The maximum absolute atomic E-state index is 12.0. The molecule has 1 aliphatic heterocycles. The number of carbonyl (C=O) groups excluding carboxylic acids is 1. The standard InChI is InChI=1S/C14H20N2OS.ClH/c1-14(7-8-15-11-14)13(17)16-9-10-18-12-5-3-2-4-6-12;/h2-6,15H,7-11H2,1H3,(H,16,17);1H. The van der Waals surface area contributed by atoms with E-state index in [9.17, 15) is 4.79 Å². The number of carbonyl (C=O) groups is 1. The SMILES string of the molecule is CC1(C(=O)NCCSc2ccccc2)CCNC1.Cl. The first-order chi connectivity index (χ1) is 8.71. The van der Waals surface area contributed by atoms with Gasteiger partial charge in [-0.05, 0) is 32.0 Å². The summed E-state index contributed by atoms with van der Waals surface area (Å²) in [5.41, 5.74) is -0.211. The molecule has 2 N–H and O–H groups in total. The molecule has 1 fully saturated rings. The van der Waals surface area contributed by atoms with Gasteiger partial charge in [-0.1, -0.05) is 18.2 Å². The van der Waals surface area contributed by atoms with Crippen LogP contribution in [0.15, 0.2) is 35.2 Å². The van der Waals surface area contributed by atoms with Gasteiger partial charge >= 0.3 is 0 Å². The molecule has 1 heterocycles. The third kappa shape index (κ3) is 4.71. The lowest BCUT2D eigenvalue weighted by atomic mass is 9.89. The van der Waals surface area contributed by atoms with Gasteiger partial charge in [0.05, 0.1) is 5.41 Å². The molecule has 5 heteroatoms. The second-order valence-electron chi connectivity index (χ2n) is 4.90. The zero-order valence-corrected chi connectivity index (χ0v) is 12.8. The number of hydrogen-bond donors (Lipinski definition) is 2. The van der Waals surface area contributed by atoms with E-state index in [0.29, 0.717) is 0 Å². The molecule has 0 radical (unpaired) electrons. The van der Waals surface area contributed by atoms with Crippen molar-refractivity contribution in [1.82, 2.24) is 10.6 Å². The van der Waals surface area contributed by atoms with Gasteiger partial charge in [-0.15, -0.1) is 24.2 Å². The lowest BCUT2D eigenvalue weighted by Crippen LogP contribution is -2.41. The number of halogens is 1. The maximum atomic E-state index is 12.0. The summed E-state index contributed by atoms with van der Waals surface area (Å²) in [7, 11) is 0. The quantitative estimate of drug-likeness (QED) is 0.648. The molecular weight excluding hydrogens is 280 g/mol. The Balaban J connectivity index is 0.00000180. The second-order valence-corrected chi connectivity index (χ2v) is 6.07. The van der Waals surface area contributed by atoms with Crippen LogP contribution in [0.25, 0.3) is 0 Å². The van der Waals surface area contributed by atoms with Crippen LogP contribution in [0, 0.1) is 5.41 Å². The van der Waals surface area contributed by atoms with Crippen molar-refractivity contribution in [3.05, 3.63) is 30.3 Å². The summed E-state index contributed by atoms with van der Waals surface area (Å²) in [6.45, 7) is 4.51. The minimum absolute atomic E-state index is 0. The predicted molar refractivity (Wildman–Crippen MR) is 83.0 cm³/mol. The lowest BCUT2D eigenvalue weighted by molar-refractivity contribution is -0.129. The largest absolute Gasteiger partial charge is 0.355 e. The average molecular weight is 301 g/mol. The second kappa shape index (κ2) is 7.78. The molecule has 2 rings (SSSR count). The van der Waals surface area contributed by atoms with Crippen molar-refractivity contribution < 1.29 is 4.79 Å². The van der Waals surface area contributed by atoms with Gasteiger partial charge in [-0.2, -0.15) is 0 Å². The van der Waals surface area contributed by atoms with Crippen molar-refractivity contribution >= 4 is 30.1 Å². The highest BCUT2D eigenvalue weighted by Crippen LogP contribution is 2.24. The van der Waals surface area contributed by atoms with Gasteiger partial charge in [0.25, 0.3) is 0 Å². The van der Waals surface area contributed by atoms with Gasteiger partial charge < -0.3 is 10.6 Å². The zero-order valence-electron chi connectivity index (χ0n) is 11.1. The Kier molecular flexibility index (Phi) is 6.69. The van der Waals surface area contributed by atoms with E-state index in [1.165, 1.54) is 4.90 Å². The van der Waals surface area contributed by atoms with Crippen LogP contribution in [0.4, 0.5) is 0 Å². The van der Waals surface area contributed by atoms with Gasteiger partial charge in [0.15, 0.2) is 0 Å². The Morgan fingerprint density at radius 2 is 2.16 bits per heavy atom. The highest BCUT2D eigenvalue weighted by molar-refractivity contribution is 7.99. The highest BCUT2D eigenvalue weighted by atomic mass is 35.5. The average Bonchev–Trinajstić information content (AvgIpc) is 2.84. The third-order valence-electron chi connectivity index (χ3n) is 3.32. The fourth-order valence-corrected chi connectivity index (χ4v) is 2.86. The maximum Gasteiger partial charge on any atom is 0.227 e. The van der Waals surface area contributed by atoms with E-state index in [4.69, 9.17) is 0 Å². The first kappa shape index (κ1) is 16.3. The van der Waals surface area contributed by atoms with Crippen molar-refractivity contribution in [2.45, 2.75) is 18.2 Å². The minimum Gasteiger partial charge on any atom is -0.355 e. The van der Waals surface area contributed by atoms with Gasteiger partial charge in [0.2, 0.25) is 5.91 Å². The topological polar surface area (TPSA) is 41.1 Å². The van der Waals surface area contributed by atoms with Crippen molar-refractivity contribution in [3.63, 3.8) is 0 Å². The summed E-state index contributed by atoms with van der Waals surface area (Å²) in [5, 5.41) is 6.28. The normalized spacial score (nSPS) is 21.7. The van der Waals surface area contributed by atoms with Crippen molar-refractivity contribution in [2.24, 2.45) is 5.41 Å². The molecule has 1 aliphatic rings. The fourth-order valence-electron chi connectivity index (χ4n) is 2.07. The summed E-state index contributed by atoms with van der Waals surface area (Å²) >= 11 is 1.77. The summed E-state index contributed by atoms with van der Waals surface area (Å²) in [4.78, 5) is 13.3. The van der Waals surface area contributed by atoms with Crippen molar-refractivity contribution in [1.29, 1.82) is 0 Å².